The number of hydrogen-bond acceptors (Lipinski definition) is 7. The van der Waals surface area contributed by atoms with Crippen molar-refractivity contribution in [3.63, 3.8) is 0 Å². The summed E-state index contributed by atoms with van der Waals surface area (Å²) in [6.45, 7) is 3.66. The Bertz CT molecular complexity index is 641. The molecule has 1 aromatic heterocycles. The maximum absolute atomic E-state index is 13.2. The molecule has 21 heavy (non-hydrogen) atoms. The predicted molar refractivity (Wildman–Crippen MR) is 77.6 cm³/mol. The first kappa shape index (κ1) is 15.4. The standard InChI is InChI=1S/C12H13BrFN5O2/c1-6(2)20-11-16-10(19-15)17-12(18-11)21-7-3-4-9(14)8(13)5-7/h3-6H,15H2,1-2H3,(H,16,17,18,19). The lowest BCUT2D eigenvalue weighted by molar-refractivity contribution is 0.218. The van der Waals surface area contributed by atoms with Gasteiger partial charge in [0.05, 0.1) is 10.6 Å². The minimum Gasteiger partial charge on any atom is -0.461 e. The number of nitrogens with zero attached hydrogens (tertiary/aromatic N) is 3. The fourth-order valence-corrected chi connectivity index (χ4v) is 1.72. The Morgan fingerprint density at radius 3 is 2.57 bits per heavy atom. The summed E-state index contributed by atoms with van der Waals surface area (Å²) >= 11 is 3.07. The molecule has 1 heterocycles. The number of anilines is 1. The van der Waals surface area contributed by atoms with Crippen LogP contribution in [0.2, 0.25) is 0 Å². The topological polar surface area (TPSA) is 95.2 Å². The smallest absolute Gasteiger partial charge is 0.330 e. The van der Waals surface area contributed by atoms with Crippen molar-refractivity contribution < 1.29 is 13.9 Å². The van der Waals surface area contributed by atoms with Crippen LogP contribution in [-0.2, 0) is 0 Å². The number of ether oxygens (including phenoxy) is 2. The van der Waals surface area contributed by atoms with Crippen molar-refractivity contribution in [2.75, 3.05) is 5.43 Å². The van der Waals surface area contributed by atoms with Gasteiger partial charge in [-0.1, -0.05) is 0 Å². The zero-order valence-electron chi connectivity index (χ0n) is 11.3. The Labute approximate surface area is 128 Å². The van der Waals surface area contributed by atoms with Crippen LogP contribution in [0.4, 0.5) is 10.3 Å². The largest absolute Gasteiger partial charge is 0.461 e. The fraction of sp³-hybridized carbons (Fsp3) is 0.250. The zero-order chi connectivity index (χ0) is 15.4. The summed E-state index contributed by atoms with van der Waals surface area (Å²) in [6, 6.07) is 4.21. The second-order valence-electron chi connectivity index (χ2n) is 4.21. The Kier molecular flexibility index (Phi) is 4.86. The number of hydrogen-bond donors (Lipinski definition) is 2. The molecule has 2 aromatic rings. The average Bonchev–Trinajstić information content (AvgIpc) is 2.42. The summed E-state index contributed by atoms with van der Waals surface area (Å²) in [4.78, 5) is 11.9. The van der Waals surface area contributed by atoms with Crippen LogP contribution in [0.5, 0.6) is 17.8 Å². The first-order valence-corrected chi connectivity index (χ1v) is 6.79. The number of rotatable bonds is 5. The van der Waals surface area contributed by atoms with E-state index >= 15 is 0 Å². The Balaban J connectivity index is 2.27. The second kappa shape index (κ2) is 6.64. The van der Waals surface area contributed by atoms with Crippen LogP contribution >= 0.6 is 15.9 Å². The minimum absolute atomic E-state index is 0.0212. The summed E-state index contributed by atoms with van der Waals surface area (Å²) < 4.78 is 24.3. The molecule has 1 aromatic carbocycles. The van der Waals surface area contributed by atoms with Gasteiger partial charge < -0.3 is 9.47 Å². The number of benzene rings is 1. The summed E-state index contributed by atoms with van der Waals surface area (Å²) in [5.41, 5.74) is 2.30. The maximum atomic E-state index is 13.2. The van der Waals surface area contributed by atoms with E-state index in [1.54, 1.807) is 0 Å². The molecular formula is C12H13BrFN5O2. The zero-order valence-corrected chi connectivity index (χ0v) is 12.9. The molecule has 0 aliphatic rings. The molecule has 0 atom stereocenters. The summed E-state index contributed by atoms with van der Waals surface area (Å²) in [7, 11) is 0. The average molecular weight is 358 g/mol. The van der Waals surface area contributed by atoms with Crippen LogP contribution in [0.1, 0.15) is 13.8 Å². The van der Waals surface area contributed by atoms with Crippen molar-refractivity contribution in [1.82, 2.24) is 15.0 Å². The molecule has 0 bridgehead atoms. The lowest BCUT2D eigenvalue weighted by Crippen LogP contribution is -2.14. The summed E-state index contributed by atoms with van der Waals surface area (Å²) in [6.07, 6.45) is -0.120. The molecule has 0 spiro atoms. The highest BCUT2D eigenvalue weighted by molar-refractivity contribution is 9.10. The van der Waals surface area contributed by atoms with Gasteiger partial charge in [0.25, 0.3) is 0 Å². The van der Waals surface area contributed by atoms with Crippen molar-refractivity contribution >= 4 is 21.9 Å². The van der Waals surface area contributed by atoms with Crippen LogP contribution in [0.15, 0.2) is 22.7 Å². The van der Waals surface area contributed by atoms with E-state index in [-0.39, 0.29) is 28.5 Å². The van der Waals surface area contributed by atoms with Crippen molar-refractivity contribution in [3.8, 4) is 17.8 Å². The maximum Gasteiger partial charge on any atom is 0.330 e. The van der Waals surface area contributed by atoms with Gasteiger partial charge in [-0.15, -0.1) is 4.98 Å². The normalized spacial score (nSPS) is 10.6. The summed E-state index contributed by atoms with van der Waals surface area (Å²) in [5.74, 6) is 5.34. The van der Waals surface area contributed by atoms with E-state index in [0.29, 0.717) is 5.75 Å². The van der Waals surface area contributed by atoms with E-state index in [9.17, 15) is 4.39 Å². The van der Waals surface area contributed by atoms with Crippen molar-refractivity contribution in [1.29, 1.82) is 0 Å². The molecule has 3 N–H and O–H groups in total. The Hall–Kier alpha value is -2.00. The Morgan fingerprint density at radius 2 is 1.95 bits per heavy atom. The first-order chi connectivity index (χ1) is 9.97. The second-order valence-corrected chi connectivity index (χ2v) is 5.07. The van der Waals surface area contributed by atoms with E-state index in [2.05, 4.69) is 36.3 Å². The van der Waals surface area contributed by atoms with Gasteiger partial charge in [-0.05, 0) is 48.0 Å². The highest BCUT2D eigenvalue weighted by Gasteiger charge is 2.11. The third kappa shape index (κ3) is 4.23. The lowest BCUT2D eigenvalue weighted by Gasteiger charge is -2.10. The van der Waals surface area contributed by atoms with Crippen molar-refractivity contribution in [2.24, 2.45) is 5.84 Å². The molecule has 0 amide bonds. The first-order valence-electron chi connectivity index (χ1n) is 6.00. The van der Waals surface area contributed by atoms with Gasteiger partial charge in [0.15, 0.2) is 0 Å². The number of nitrogens with two attached hydrogens (primary N) is 1. The van der Waals surface area contributed by atoms with Gasteiger partial charge in [-0.3, -0.25) is 5.43 Å². The highest BCUT2D eigenvalue weighted by atomic mass is 79.9. The number of nitrogen functional groups attached to an aromatic ring is 1. The van der Waals surface area contributed by atoms with Gasteiger partial charge in [0.2, 0.25) is 5.95 Å². The molecule has 0 saturated carbocycles. The number of nitrogens with one attached hydrogen (secondary N) is 1. The van der Waals surface area contributed by atoms with Crippen molar-refractivity contribution in [3.05, 3.63) is 28.5 Å². The number of hydrazine groups is 1. The van der Waals surface area contributed by atoms with Crippen molar-refractivity contribution in [2.45, 2.75) is 20.0 Å². The van der Waals surface area contributed by atoms with Crippen LogP contribution in [0.3, 0.4) is 0 Å². The molecule has 9 heteroatoms. The molecular weight excluding hydrogens is 345 g/mol. The molecule has 0 saturated heterocycles. The van der Waals surface area contributed by atoms with E-state index in [1.165, 1.54) is 18.2 Å². The van der Waals surface area contributed by atoms with Gasteiger partial charge in [-0.25, -0.2) is 10.2 Å². The van der Waals surface area contributed by atoms with E-state index in [0.717, 1.165) is 0 Å². The highest BCUT2D eigenvalue weighted by Crippen LogP contribution is 2.25. The molecule has 0 unspecified atom stereocenters. The number of halogens is 2. The predicted octanol–water partition coefficient (Wildman–Crippen LogP) is 2.64. The van der Waals surface area contributed by atoms with Gasteiger partial charge in [0, 0.05) is 0 Å². The van der Waals surface area contributed by atoms with Crippen LogP contribution < -0.4 is 20.7 Å². The lowest BCUT2D eigenvalue weighted by atomic mass is 10.3. The minimum atomic E-state index is -0.397. The number of aromatic nitrogens is 3. The molecule has 2 rings (SSSR count). The molecule has 7 nitrogen and oxygen atoms in total. The Morgan fingerprint density at radius 1 is 1.24 bits per heavy atom. The SMILES string of the molecule is CC(C)Oc1nc(NN)nc(Oc2ccc(F)c(Br)c2)n1. The van der Waals surface area contributed by atoms with E-state index < -0.39 is 5.82 Å². The van der Waals surface area contributed by atoms with E-state index in [4.69, 9.17) is 15.3 Å². The molecule has 0 aliphatic heterocycles. The fourth-order valence-electron chi connectivity index (χ4n) is 1.36. The molecule has 112 valence electrons. The monoisotopic (exact) mass is 357 g/mol. The molecule has 0 aliphatic carbocycles. The summed E-state index contributed by atoms with van der Waals surface area (Å²) in [5, 5.41) is 0. The van der Waals surface area contributed by atoms with Crippen LogP contribution in [-0.4, -0.2) is 21.1 Å². The van der Waals surface area contributed by atoms with Crippen LogP contribution in [0, 0.1) is 5.82 Å². The van der Waals surface area contributed by atoms with Gasteiger partial charge in [0.1, 0.15) is 11.6 Å². The van der Waals surface area contributed by atoms with Gasteiger partial charge >= 0.3 is 12.0 Å². The third-order valence-electron chi connectivity index (χ3n) is 2.16. The quantitative estimate of drug-likeness (QED) is 0.627. The van der Waals surface area contributed by atoms with E-state index in [1.807, 2.05) is 13.8 Å². The third-order valence-corrected chi connectivity index (χ3v) is 2.77. The van der Waals surface area contributed by atoms with Gasteiger partial charge in [-0.2, -0.15) is 9.97 Å². The molecule has 0 radical (unpaired) electrons. The molecule has 0 fully saturated rings. The van der Waals surface area contributed by atoms with Crippen LogP contribution in [0.25, 0.3) is 0 Å².